The van der Waals surface area contributed by atoms with Gasteiger partial charge in [0.1, 0.15) is 11.5 Å². The van der Waals surface area contributed by atoms with E-state index >= 15 is 0 Å². The number of carbonyl (C=O) groups is 1. The van der Waals surface area contributed by atoms with Gasteiger partial charge in [-0.05, 0) is 50.5 Å². The highest BCUT2D eigenvalue weighted by Gasteiger charge is 2.27. The van der Waals surface area contributed by atoms with Gasteiger partial charge in [-0.2, -0.15) is 0 Å². The van der Waals surface area contributed by atoms with Gasteiger partial charge in [-0.3, -0.25) is 4.79 Å². The van der Waals surface area contributed by atoms with Gasteiger partial charge in [0, 0.05) is 24.2 Å². The molecular formula is C16H17FN2O2. The molecule has 1 saturated heterocycles. The summed E-state index contributed by atoms with van der Waals surface area (Å²) < 4.78 is 18.1. The van der Waals surface area contributed by atoms with E-state index in [-0.39, 0.29) is 23.5 Å². The molecule has 3 rings (SSSR count). The van der Waals surface area contributed by atoms with Gasteiger partial charge in [0.15, 0.2) is 0 Å². The van der Waals surface area contributed by atoms with Crippen molar-refractivity contribution in [2.45, 2.75) is 32.2 Å². The number of nitrogens with zero attached hydrogens (tertiary/aromatic N) is 2. The van der Waals surface area contributed by atoms with Crippen molar-refractivity contribution in [3.05, 3.63) is 41.9 Å². The molecule has 110 valence electrons. The SMILES string of the molecule is C[C@H]1CCCCN1C(=O)c1cc(-c2ccc(F)cc2)no1. The van der Waals surface area contributed by atoms with Gasteiger partial charge in [0.2, 0.25) is 5.76 Å². The van der Waals surface area contributed by atoms with Gasteiger partial charge >= 0.3 is 0 Å². The first-order valence-electron chi connectivity index (χ1n) is 7.19. The van der Waals surface area contributed by atoms with E-state index in [0.717, 1.165) is 31.4 Å². The number of amides is 1. The number of likely N-dealkylation sites (tertiary alicyclic amines) is 1. The van der Waals surface area contributed by atoms with Gasteiger partial charge in [0.25, 0.3) is 5.91 Å². The van der Waals surface area contributed by atoms with Crippen LogP contribution >= 0.6 is 0 Å². The lowest BCUT2D eigenvalue weighted by atomic mass is 10.0. The van der Waals surface area contributed by atoms with Crippen molar-refractivity contribution >= 4 is 5.91 Å². The highest BCUT2D eigenvalue weighted by molar-refractivity contribution is 5.92. The minimum Gasteiger partial charge on any atom is -0.350 e. The summed E-state index contributed by atoms with van der Waals surface area (Å²) in [5.41, 5.74) is 1.27. The Bertz CT molecular complexity index is 636. The van der Waals surface area contributed by atoms with E-state index in [2.05, 4.69) is 5.16 Å². The molecule has 0 unspecified atom stereocenters. The Balaban J connectivity index is 1.81. The first-order chi connectivity index (χ1) is 10.1. The molecule has 4 nitrogen and oxygen atoms in total. The van der Waals surface area contributed by atoms with Crippen molar-refractivity contribution in [1.29, 1.82) is 0 Å². The van der Waals surface area contributed by atoms with E-state index < -0.39 is 0 Å². The summed E-state index contributed by atoms with van der Waals surface area (Å²) in [6, 6.07) is 7.80. The Morgan fingerprint density at radius 3 is 2.81 bits per heavy atom. The van der Waals surface area contributed by atoms with Crippen LogP contribution < -0.4 is 0 Å². The third kappa shape index (κ3) is 2.82. The maximum atomic E-state index is 12.9. The highest BCUT2D eigenvalue weighted by atomic mass is 19.1. The van der Waals surface area contributed by atoms with Crippen LogP contribution in [0.1, 0.15) is 36.7 Å². The lowest BCUT2D eigenvalue weighted by Crippen LogP contribution is -2.41. The normalized spacial score (nSPS) is 18.8. The van der Waals surface area contributed by atoms with Crippen molar-refractivity contribution in [3.8, 4) is 11.3 Å². The zero-order valence-corrected chi connectivity index (χ0v) is 11.9. The van der Waals surface area contributed by atoms with Crippen molar-refractivity contribution in [2.75, 3.05) is 6.54 Å². The molecule has 0 N–H and O–H groups in total. The van der Waals surface area contributed by atoms with Crippen LogP contribution in [0.25, 0.3) is 11.3 Å². The van der Waals surface area contributed by atoms with Gasteiger partial charge in [-0.15, -0.1) is 0 Å². The fraction of sp³-hybridized carbons (Fsp3) is 0.375. The highest BCUT2D eigenvalue weighted by Crippen LogP contribution is 2.23. The van der Waals surface area contributed by atoms with Gasteiger partial charge < -0.3 is 9.42 Å². The maximum absolute atomic E-state index is 12.9. The first kappa shape index (κ1) is 13.8. The van der Waals surface area contributed by atoms with Crippen LogP contribution in [0, 0.1) is 5.82 Å². The molecule has 1 amide bonds. The third-order valence-corrected chi connectivity index (χ3v) is 3.92. The molecule has 2 aromatic rings. The second kappa shape index (κ2) is 5.68. The first-order valence-corrected chi connectivity index (χ1v) is 7.19. The van der Waals surface area contributed by atoms with E-state index in [1.165, 1.54) is 12.1 Å². The molecule has 0 bridgehead atoms. The van der Waals surface area contributed by atoms with Crippen molar-refractivity contribution < 1.29 is 13.7 Å². The number of piperidine rings is 1. The van der Waals surface area contributed by atoms with E-state index in [4.69, 9.17) is 4.52 Å². The smallest absolute Gasteiger partial charge is 0.292 e. The van der Waals surface area contributed by atoms with Crippen LogP contribution in [-0.2, 0) is 0 Å². The van der Waals surface area contributed by atoms with Crippen molar-refractivity contribution in [3.63, 3.8) is 0 Å². The molecule has 1 aliphatic heterocycles. The molecule has 0 saturated carbocycles. The zero-order valence-electron chi connectivity index (χ0n) is 11.9. The maximum Gasteiger partial charge on any atom is 0.292 e. The Morgan fingerprint density at radius 1 is 1.33 bits per heavy atom. The van der Waals surface area contributed by atoms with E-state index in [9.17, 15) is 9.18 Å². The summed E-state index contributed by atoms with van der Waals surface area (Å²) in [5, 5.41) is 3.91. The second-order valence-corrected chi connectivity index (χ2v) is 5.43. The average molecular weight is 288 g/mol. The Kier molecular flexibility index (Phi) is 3.73. The number of hydrogen-bond acceptors (Lipinski definition) is 3. The number of hydrogen-bond donors (Lipinski definition) is 0. The lowest BCUT2D eigenvalue weighted by molar-refractivity contribution is 0.0593. The lowest BCUT2D eigenvalue weighted by Gasteiger charge is -2.32. The number of halogens is 1. The summed E-state index contributed by atoms with van der Waals surface area (Å²) in [7, 11) is 0. The molecule has 0 radical (unpaired) electrons. The zero-order chi connectivity index (χ0) is 14.8. The predicted octanol–water partition coefficient (Wildman–Crippen LogP) is 3.50. The molecule has 21 heavy (non-hydrogen) atoms. The Hall–Kier alpha value is -2.17. The van der Waals surface area contributed by atoms with Crippen LogP contribution in [0.15, 0.2) is 34.9 Å². The fourth-order valence-electron chi connectivity index (χ4n) is 2.67. The number of carbonyl (C=O) groups excluding carboxylic acids is 1. The molecule has 0 aliphatic carbocycles. The standard InChI is InChI=1S/C16H17FN2O2/c1-11-4-2-3-9-19(11)16(20)15-10-14(18-21-15)12-5-7-13(17)8-6-12/h5-8,10-11H,2-4,9H2,1H3/t11-/m0/s1. The predicted molar refractivity (Wildman–Crippen MR) is 76.2 cm³/mol. The van der Waals surface area contributed by atoms with Crippen LogP contribution in [0.3, 0.4) is 0 Å². The molecule has 2 heterocycles. The monoisotopic (exact) mass is 288 g/mol. The minimum atomic E-state index is -0.305. The van der Waals surface area contributed by atoms with Crippen LogP contribution in [-0.4, -0.2) is 28.6 Å². The summed E-state index contributed by atoms with van der Waals surface area (Å²) in [4.78, 5) is 14.3. The van der Waals surface area contributed by atoms with Gasteiger partial charge in [0.05, 0.1) is 0 Å². The fourth-order valence-corrected chi connectivity index (χ4v) is 2.67. The number of aromatic nitrogens is 1. The third-order valence-electron chi connectivity index (χ3n) is 3.92. The molecule has 5 heteroatoms. The van der Waals surface area contributed by atoms with E-state index in [1.54, 1.807) is 18.2 Å². The number of benzene rings is 1. The minimum absolute atomic E-state index is 0.122. The summed E-state index contributed by atoms with van der Waals surface area (Å²) in [5.74, 6) is -0.188. The number of rotatable bonds is 2. The molecule has 1 aromatic carbocycles. The summed E-state index contributed by atoms with van der Waals surface area (Å²) in [6.07, 6.45) is 3.20. The average Bonchev–Trinajstić information content (AvgIpc) is 2.98. The van der Waals surface area contributed by atoms with E-state index in [1.807, 2.05) is 11.8 Å². The quantitative estimate of drug-likeness (QED) is 0.849. The van der Waals surface area contributed by atoms with Gasteiger partial charge in [-0.1, -0.05) is 5.16 Å². The topological polar surface area (TPSA) is 46.3 Å². The summed E-state index contributed by atoms with van der Waals surface area (Å²) in [6.45, 7) is 2.81. The van der Waals surface area contributed by atoms with Crippen LogP contribution in [0.2, 0.25) is 0 Å². The molecule has 1 fully saturated rings. The summed E-state index contributed by atoms with van der Waals surface area (Å²) >= 11 is 0. The second-order valence-electron chi connectivity index (χ2n) is 5.43. The van der Waals surface area contributed by atoms with Crippen molar-refractivity contribution in [2.24, 2.45) is 0 Å². The van der Waals surface area contributed by atoms with E-state index in [0.29, 0.717) is 5.69 Å². The Labute approximate surface area is 122 Å². The molecule has 1 atom stereocenters. The van der Waals surface area contributed by atoms with Crippen molar-refractivity contribution in [1.82, 2.24) is 10.1 Å². The largest absolute Gasteiger partial charge is 0.350 e. The Morgan fingerprint density at radius 2 is 2.10 bits per heavy atom. The van der Waals surface area contributed by atoms with Crippen LogP contribution in [0.4, 0.5) is 4.39 Å². The van der Waals surface area contributed by atoms with Gasteiger partial charge in [-0.25, -0.2) is 4.39 Å². The van der Waals surface area contributed by atoms with Crippen LogP contribution in [0.5, 0.6) is 0 Å². The molecule has 0 spiro atoms. The molecular weight excluding hydrogens is 271 g/mol. The molecule has 1 aromatic heterocycles. The molecule has 1 aliphatic rings.